The molecule has 1 N–H and O–H groups in total. The van der Waals surface area contributed by atoms with E-state index in [2.05, 4.69) is 4.98 Å². The molecule has 0 spiro atoms. The number of para-hydroxylation sites is 1. The lowest BCUT2D eigenvalue weighted by atomic mass is 10.1. The molecule has 1 aromatic carbocycles. The van der Waals surface area contributed by atoms with Crippen LogP contribution >= 0.6 is 0 Å². The minimum Gasteiger partial charge on any atom is -0.478 e. The van der Waals surface area contributed by atoms with Crippen LogP contribution < -0.4 is 4.90 Å². The first-order valence-corrected chi connectivity index (χ1v) is 6.19. The van der Waals surface area contributed by atoms with Crippen LogP contribution in [0.15, 0.2) is 48.7 Å². The Balaban J connectivity index is 2.30. The summed E-state index contributed by atoms with van der Waals surface area (Å²) in [6.07, 6.45) is 1.74. The molecule has 0 bridgehead atoms. The molecule has 0 radical (unpaired) electrons. The van der Waals surface area contributed by atoms with Gasteiger partial charge in [-0.1, -0.05) is 18.2 Å². The molecule has 0 saturated carbocycles. The van der Waals surface area contributed by atoms with Crippen LogP contribution in [0.1, 0.15) is 23.0 Å². The Morgan fingerprint density at radius 2 is 1.95 bits per heavy atom. The number of carboxylic acids is 1. The van der Waals surface area contributed by atoms with E-state index >= 15 is 0 Å². The van der Waals surface area contributed by atoms with E-state index in [0.717, 1.165) is 17.9 Å². The van der Waals surface area contributed by atoms with Gasteiger partial charge in [0.25, 0.3) is 0 Å². The Morgan fingerprint density at radius 1 is 1.21 bits per heavy atom. The average molecular weight is 256 g/mol. The summed E-state index contributed by atoms with van der Waals surface area (Å²) in [6.45, 7) is 3.32. The molecular weight excluding hydrogens is 240 g/mol. The number of anilines is 1. The van der Waals surface area contributed by atoms with Gasteiger partial charge in [-0.2, -0.15) is 0 Å². The van der Waals surface area contributed by atoms with E-state index in [1.165, 1.54) is 0 Å². The van der Waals surface area contributed by atoms with E-state index in [1.54, 1.807) is 18.3 Å². The molecule has 0 aliphatic heterocycles. The molecule has 2 aromatic rings. The lowest BCUT2D eigenvalue weighted by Gasteiger charge is -2.24. The molecule has 0 aliphatic rings. The molecule has 19 heavy (non-hydrogen) atoms. The minimum atomic E-state index is -0.907. The molecule has 0 fully saturated rings. The summed E-state index contributed by atoms with van der Waals surface area (Å²) in [5, 5.41) is 9.23. The second kappa shape index (κ2) is 6.00. The summed E-state index contributed by atoms with van der Waals surface area (Å²) in [5.41, 5.74) is 1.97. The number of nitrogens with zero attached hydrogens (tertiary/aromatic N) is 2. The molecule has 0 unspecified atom stereocenters. The van der Waals surface area contributed by atoms with Crippen LogP contribution in [0.3, 0.4) is 0 Å². The third kappa shape index (κ3) is 3.10. The van der Waals surface area contributed by atoms with Crippen molar-refractivity contribution in [3.8, 4) is 0 Å². The molecule has 0 atom stereocenters. The second-order valence-electron chi connectivity index (χ2n) is 4.16. The van der Waals surface area contributed by atoms with Gasteiger partial charge in [0.1, 0.15) is 0 Å². The number of rotatable bonds is 5. The second-order valence-corrected chi connectivity index (χ2v) is 4.16. The summed E-state index contributed by atoms with van der Waals surface area (Å²) in [4.78, 5) is 17.5. The van der Waals surface area contributed by atoms with Gasteiger partial charge in [-0.15, -0.1) is 0 Å². The van der Waals surface area contributed by atoms with E-state index in [0.29, 0.717) is 12.1 Å². The molecule has 0 amide bonds. The smallest absolute Gasteiger partial charge is 0.337 e. The maximum atomic E-state index is 11.3. The first kappa shape index (κ1) is 13.1. The van der Waals surface area contributed by atoms with Crippen molar-refractivity contribution in [2.24, 2.45) is 0 Å². The van der Waals surface area contributed by atoms with Crippen molar-refractivity contribution < 1.29 is 9.90 Å². The summed E-state index contributed by atoms with van der Waals surface area (Å²) in [6, 6.07) is 12.8. The Labute approximate surface area is 112 Å². The summed E-state index contributed by atoms with van der Waals surface area (Å²) < 4.78 is 0. The fraction of sp³-hybridized carbons (Fsp3) is 0.200. The Hall–Kier alpha value is -2.36. The fourth-order valence-electron chi connectivity index (χ4n) is 1.98. The Kier molecular flexibility index (Phi) is 4.13. The highest BCUT2D eigenvalue weighted by Gasteiger charge is 2.14. The van der Waals surface area contributed by atoms with E-state index in [4.69, 9.17) is 0 Å². The first-order chi connectivity index (χ1) is 9.22. The Morgan fingerprint density at radius 3 is 2.58 bits per heavy atom. The maximum absolute atomic E-state index is 11.3. The van der Waals surface area contributed by atoms with Gasteiger partial charge in [0.05, 0.1) is 23.5 Å². The third-order valence-electron chi connectivity index (χ3n) is 2.94. The number of hydrogen-bond donors (Lipinski definition) is 1. The predicted molar refractivity (Wildman–Crippen MR) is 74.4 cm³/mol. The monoisotopic (exact) mass is 256 g/mol. The van der Waals surface area contributed by atoms with Crippen LogP contribution in [0.5, 0.6) is 0 Å². The Bertz CT molecular complexity index is 555. The van der Waals surface area contributed by atoms with Gasteiger partial charge in [0, 0.05) is 12.7 Å². The zero-order valence-corrected chi connectivity index (χ0v) is 10.8. The van der Waals surface area contributed by atoms with Crippen molar-refractivity contribution in [3.63, 3.8) is 0 Å². The lowest BCUT2D eigenvalue weighted by Crippen LogP contribution is -2.24. The van der Waals surface area contributed by atoms with Gasteiger partial charge < -0.3 is 10.0 Å². The fourth-order valence-corrected chi connectivity index (χ4v) is 1.98. The lowest BCUT2D eigenvalue weighted by molar-refractivity contribution is 0.0697. The molecule has 1 heterocycles. The first-order valence-electron chi connectivity index (χ1n) is 6.19. The topological polar surface area (TPSA) is 53.4 Å². The number of carboxylic acid groups (broad SMARTS) is 1. The van der Waals surface area contributed by atoms with E-state index in [9.17, 15) is 9.90 Å². The van der Waals surface area contributed by atoms with Crippen molar-refractivity contribution in [2.75, 3.05) is 11.4 Å². The maximum Gasteiger partial charge on any atom is 0.337 e. The highest BCUT2D eigenvalue weighted by molar-refractivity contribution is 5.94. The standard InChI is InChI=1S/C15H16N2O2/c1-2-17(11-12-7-5-6-10-16-12)14-9-4-3-8-13(14)15(18)19/h3-10H,2,11H2,1H3,(H,18,19). The van der Waals surface area contributed by atoms with Crippen LogP contribution in [-0.4, -0.2) is 22.6 Å². The average Bonchev–Trinajstić information content (AvgIpc) is 2.46. The quantitative estimate of drug-likeness (QED) is 0.893. The number of benzene rings is 1. The summed E-state index contributed by atoms with van der Waals surface area (Å²) >= 11 is 0. The molecule has 0 saturated heterocycles. The van der Waals surface area contributed by atoms with Gasteiger partial charge >= 0.3 is 5.97 Å². The molecular formula is C15H16N2O2. The van der Waals surface area contributed by atoms with Crippen molar-refractivity contribution in [2.45, 2.75) is 13.5 Å². The van der Waals surface area contributed by atoms with Crippen LogP contribution in [0, 0.1) is 0 Å². The van der Waals surface area contributed by atoms with Gasteiger partial charge in [0.2, 0.25) is 0 Å². The number of aromatic nitrogens is 1. The molecule has 4 heteroatoms. The van der Waals surface area contributed by atoms with Crippen LogP contribution in [0.4, 0.5) is 5.69 Å². The predicted octanol–water partition coefficient (Wildman–Crippen LogP) is 2.81. The highest BCUT2D eigenvalue weighted by Crippen LogP contribution is 2.21. The number of aromatic carboxylic acids is 1. The van der Waals surface area contributed by atoms with Crippen molar-refractivity contribution in [1.82, 2.24) is 4.98 Å². The minimum absolute atomic E-state index is 0.320. The van der Waals surface area contributed by atoms with Gasteiger partial charge in [-0.3, -0.25) is 4.98 Å². The molecule has 4 nitrogen and oxygen atoms in total. The highest BCUT2D eigenvalue weighted by atomic mass is 16.4. The van der Waals surface area contributed by atoms with E-state index in [-0.39, 0.29) is 0 Å². The van der Waals surface area contributed by atoms with Gasteiger partial charge in [0.15, 0.2) is 0 Å². The SMILES string of the molecule is CCN(Cc1ccccn1)c1ccccc1C(=O)O. The molecule has 1 aromatic heterocycles. The van der Waals surface area contributed by atoms with Crippen LogP contribution in [-0.2, 0) is 6.54 Å². The molecule has 98 valence electrons. The molecule has 0 aliphatic carbocycles. The zero-order valence-electron chi connectivity index (χ0n) is 10.8. The van der Waals surface area contributed by atoms with Crippen LogP contribution in [0.25, 0.3) is 0 Å². The van der Waals surface area contributed by atoms with Gasteiger partial charge in [-0.05, 0) is 31.2 Å². The van der Waals surface area contributed by atoms with Crippen molar-refractivity contribution in [1.29, 1.82) is 0 Å². The van der Waals surface area contributed by atoms with E-state index < -0.39 is 5.97 Å². The number of pyridine rings is 1. The number of carbonyl (C=O) groups is 1. The largest absolute Gasteiger partial charge is 0.478 e. The number of hydrogen-bond acceptors (Lipinski definition) is 3. The van der Waals surface area contributed by atoms with Gasteiger partial charge in [-0.25, -0.2) is 4.79 Å². The van der Waals surface area contributed by atoms with Crippen molar-refractivity contribution >= 4 is 11.7 Å². The molecule has 2 rings (SSSR count). The summed E-state index contributed by atoms with van der Waals surface area (Å²) in [5.74, 6) is -0.907. The zero-order chi connectivity index (χ0) is 13.7. The van der Waals surface area contributed by atoms with Crippen LogP contribution in [0.2, 0.25) is 0 Å². The third-order valence-corrected chi connectivity index (χ3v) is 2.94. The summed E-state index contributed by atoms with van der Waals surface area (Å²) in [7, 11) is 0. The van der Waals surface area contributed by atoms with Crippen molar-refractivity contribution in [3.05, 3.63) is 59.9 Å². The normalized spacial score (nSPS) is 10.2. The van der Waals surface area contributed by atoms with E-state index in [1.807, 2.05) is 42.2 Å².